The van der Waals surface area contributed by atoms with Gasteiger partial charge in [-0.05, 0) is 54.7 Å². The molecule has 1 saturated heterocycles. The summed E-state index contributed by atoms with van der Waals surface area (Å²) in [4.78, 5) is 16.5. The van der Waals surface area contributed by atoms with E-state index in [2.05, 4.69) is 22.8 Å². The number of rotatable bonds is 6. The van der Waals surface area contributed by atoms with Gasteiger partial charge >= 0.3 is 5.97 Å². The van der Waals surface area contributed by atoms with E-state index in [1.54, 1.807) is 0 Å². The molecular formula is C24H25ClFN3O2. The van der Waals surface area contributed by atoms with E-state index in [0.717, 1.165) is 56.8 Å². The normalized spacial score (nSPS) is 16.8. The van der Waals surface area contributed by atoms with E-state index < -0.39 is 5.82 Å². The molecule has 0 aliphatic carbocycles. The van der Waals surface area contributed by atoms with Gasteiger partial charge in [0.05, 0.1) is 11.1 Å². The lowest BCUT2D eigenvalue weighted by Crippen LogP contribution is -2.47. The molecule has 2 aromatic rings. The van der Waals surface area contributed by atoms with E-state index in [0.29, 0.717) is 23.6 Å². The zero-order valence-corrected chi connectivity index (χ0v) is 18.3. The van der Waals surface area contributed by atoms with E-state index in [1.165, 1.54) is 23.3 Å². The van der Waals surface area contributed by atoms with Gasteiger partial charge in [0.15, 0.2) is 0 Å². The van der Waals surface area contributed by atoms with Crippen molar-refractivity contribution >= 4 is 17.6 Å². The number of fused-ring (bicyclic) bond motifs is 1. The number of esters is 1. The van der Waals surface area contributed by atoms with E-state index in [4.69, 9.17) is 21.6 Å². The quantitative estimate of drug-likeness (QED) is 0.639. The number of ether oxygens (including phenoxy) is 1. The maximum Gasteiger partial charge on any atom is 0.338 e. The largest absolute Gasteiger partial charge is 0.457 e. The fourth-order valence-electron chi connectivity index (χ4n) is 4.33. The molecule has 2 heterocycles. The molecule has 0 bridgehead atoms. The van der Waals surface area contributed by atoms with Crippen LogP contribution in [0.3, 0.4) is 0 Å². The smallest absolute Gasteiger partial charge is 0.338 e. The van der Waals surface area contributed by atoms with Gasteiger partial charge in [0.1, 0.15) is 18.5 Å². The van der Waals surface area contributed by atoms with E-state index >= 15 is 0 Å². The van der Waals surface area contributed by atoms with E-state index in [-0.39, 0.29) is 11.5 Å². The lowest BCUT2D eigenvalue weighted by Gasteiger charge is -2.35. The number of nitrogens with zero attached hydrogens (tertiary/aromatic N) is 3. The summed E-state index contributed by atoms with van der Waals surface area (Å²) in [6, 6.07) is 8.56. The molecule has 0 radical (unpaired) electrons. The Morgan fingerprint density at radius 2 is 1.74 bits per heavy atom. The van der Waals surface area contributed by atoms with Gasteiger partial charge in [0.25, 0.3) is 0 Å². The lowest BCUT2D eigenvalue weighted by molar-refractivity contribution is 0.0535. The average molecular weight is 442 g/mol. The summed E-state index contributed by atoms with van der Waals surface area (Å²) in [5.41, 5.74) is 4.92. The number of cyclic esters (lactones) is 1. The van der Waals surface area contributed by atoms with Crippen LogP contribution in [0.1, 0.15) is 38.2 Å². The molecule has 5 nitrogen and oxygen atoms in total. The highest BCUT2D eigenvalue weighted by atomic mass is 35.5. The third-order valence-electron chi connectivity index (χ3n) is 6.39. The fraction of sp³-hybridized carbons (Fsp3) is 0.417. The first-order valence-electron chi connectivity index (χ1n) is 10.6. The van der Waals surface area contributed by atoms with Crippen LogP contribution in [-0.4, -0.2) is 55.0 Å². The molecule has 31 heavy (non-hydrogen) atoms. The first kappa shape index (κ1) is 21.8. The Labute approximate surface area is 187 Å². The first-order valence-corrected chi connectivity index (χ1v) is 10.9. The summed E-state index contributed by atoms with van der Waals surface area (Å²) in [6.45, 7) is 8.16. The molecule has 2 aliphatic heterocycles. The minimum Gasteiger partial charge on any atom is -0.457 e. The second kappa shape index (κ2) is 9.35. The van der Waals surface area contributed by atoms with Crippen molar-refractivity contribution in [3.05, 3.63) is 68.5 Å². The Morgan fingerprint density at radius 1 is 1.10 bits per heavy atom. The number of carbonyl (C=O) groups is 1. The van der Waals surface area contributed by atoms with E-state index in [1.807, 2.05) is 12.1 Å². The van der Waals surface area contributed by atoms with Crippen molar-refractivity contribution in [3.63, 3.8) is 0 Å². The van der Waals surface area contributed by atoms with Crippen LogP contribution < -0.4 is 0 Å². The highest BCUT2D eigenvalue weighted by Gasteiger charge is 2.24. The molecule has 7 heteroatoms. The summed E-state index contributed by atoms with van der Waals surface area (Å²) >= 11 is 6.21. The molecule has 162 valence electrons. The monoisotopic (exact) mass is 441 g/mol. The fourth-order valence-corrected chi connectivity index (χ4v) is 4.59. The summed E-state index contributed by atoms with van der Waals surface area (Å²) in [6.07, 6.45) is 1.62. The Hall–Kier alpha value is -2.46. The molecule has 0 N–H and O–H groups in total. The molecule has 1 fully saturated rings. The molecule has 2 aliphatic rings. The molecule has 0 unspecified atom stereocenters. The standard InChI is InChI=1S/C24H25ClFN3O2/c1-16-17(2-3-20-21(16)15-31-24(20)30)4-6-28-8-10-29(11-9-28)7-5-18-13-23(26)19(14-27)12-22(18)25/h2-3,12-13H,4-11,15H2,1H3. The predicted octanol–water partition coefficient (Wildman–Crippen LogP) is 3.73. The van der Waals surface area contributed by atoms with Crippen molar-refractivity contribution in [2.75, 3.05) is 39.3 Å². The van der Waals surface area contributed by atoms with Crippen LogP contribution in [0.25, 0.3) is 0 Å². The molecular weight excluding hydrogens is 417 g/mol. The first-order chi connectivity index (χ1) is 15.0. The Balaban J connectivity index is 1.25. The summed E-state index contributed by atoms with van der Waals surface area (Å²) in [7, 11) is 0. The highest BCUT2D eigenvalue weighted by molar-refractivity contribution is 6.31. The third-order valence-corrected chi connectivity index (χ3v) is 6.75. The zero-order chi connectivity index (χ0) is 22.0. The topological polar surface area (TPSA) is 56.6 Å². The van der Waals surface area contributed by atoms with Gasteiger partial charge in [-0.3, -0.25) is 0 Å². The van der Waals surface area contributed by atoms with Gasteiger partial charge in [-0.25, -0.2) is 9.18 Å². The highest BCUT2D eigenvalue weighted by Crippen LogP contribution is 2.26. The zero-order valence-electron chi connectivity index (χ0n) is 17.6. The van der Waals surface area contributed by atoms with Crippen LogP contribution >= 0.6 is 11.6 Å². The van der Waals surface area contributed by atoms with Gasteiger partial charge in [0.2, 0.25) is 0 Å². The van der Waals surface area contributed by atoms with Crippen LogP contribution in [-0.2, 0) is 24.2 Å². The maximum absolute atomic E-state index is 13.9. The molecule has 2 aromatic carbocycles. The number of hydrogen-bond acceptors (Lipinski definition) is 5. The number of hydrogen-bond donors (Lipinski definition) is 0. The van der Waals surface area contributed by atoms with Gasteiger partial charge in [-0.15, -0.1) is 0 Å². The minimum atomic E-state index is -0.510. The second-order valence-electron chi connectivity index (χ2n) is 8.17. The van der Waals surface area contributed by atoms with Crippen LogP contribution in [0, 0.1) is 24.1 Å². The number of halogens is 2. The second-order valence-corrected chi connectivity index (χ2v) is 8.58. The molecule has 0 atom stereocenters. The van der Waals surface area contributed by atoms with Crippen molar-refractivity contribution < 1.29 is 13.9 Å². The number of nitriles is 1. The predicted molar refractivity (Wildman–Crippen MR) is 117 cm³/mol. The summed E-state index contributed by atoms with van der Waals surface area (Å²) in [5.74, 6) is -0.727. The lowest BCUT2D eigenvalue weighted by atomic mass is 9.96. The Bertz CT molecular complexity index is 1040. The molecule has 0 amide bonds. The van der Waals surface area contributed by atoms with Crippen molar-refractivity contribution in [2.24, 2.45) is 0 Å². The SMILES string of the molecule is Cc1c(CCN2CCN(CCc3cc(F)c(C#N)cc3Cl)CC2)ccc2c1COC2=O. The minimum absolute atomic E-state index is 0.0138. The molecule has 4 rings (SSSR count). The maximum atomic E-state index is 13.9. The van der Waals surface area contributed by atoms with Crippen LogP contribution in [0.5, 0.6) is 0 Å². The number of carbonyl (C=O) groups excluding carboxylic acids is 1. The van der Waals surface area contributed by atoms with E-state index in [9.17, 15) is 9.18 Å². The number of benzene rings is 2. The van der Waals surface area contributed by atoms with Gasteiger partial charge in [0, 0.05) is 49.9 Å². The molecule has 0 spiro atoms. The Morgan fingerprint density at radius 3 is 2.39 bits per heavy atom. The third kappa shape index (κ3) is 4.74. The molecule has 0 aromatic heterocycles. The van der Waals surface area contributed by atoms with Crippen molar-refractivity contribution in [1.29, 1.82) is 5.26 Å². The van der Waals surface area contributed by atoms with Crippen LogP contribution in [0.2, 0.25) is 5.02 Å². The Kier molecular flexibility index (Phi) is 6.57. The van der Waals surface area contributed by atoms with Crippen molar-refractivity contribution in [2.45, 2.75) is 26.4 Å². The summed E-state index contributed by atoms with van der Waals surface area (Å²) < 4.78 is 19.0. The van der Waals surface area contributed by atoms with Crippen LogP contribution in [0.15, 0.2) is 24.3 Å². The van der Waals surface area contributed by atoms with Crippen molar-refractivity contribution in [1.82, 2.24) is 9.80 Å². The van der Waals surface area contributed by atoms with Crippen molar-refractivity contribution in [3.8, 4) is 6.07 Å². The van der Waals surface area contributed by atoms with Gasteiger partial charge in [-0.1, -0.05) is 17.7 Å². The molecule has 0 saturated carbocycles. The van der Waals surface area contributed by atoms with Gasteiger partial charge < -0.3 is 14.5 Å². The average Bonchev–Trinajstić information content (AvgIpc) is 3.16. The number of piperazine rings is 1. The van der Waals surface area contributed by atoms with Gasteiger partial charge in [-0.2, -0.15) is 5.26 Å². The van der Waals surface area contributed by atoms with Crippen LogP contribution in [0.4, 0.5) is 4.39 Å². The summed E-state index contributed by atoms with van der Waals surface area (Å²) in [5, 5.41) is 9.35.